The summed E-state index contributed by atoms with van der Waals surface area (Å²) in [5.41, 5.74) is 4.38. The minimum atomic E-state index is 0.467. The van der Waals surface area contributed by atoms with Crippen molar-refractivity contribution in [1.29, 1.82) is 0 Å². The van der Waals surface area contributed by atoms with E-state index in [0.717, 1.165) is 30.4 Å². The summed E-state index contributed by atoms with van der Waals surface area (Å²) in [5.74, 6) is 1.96. The number of hydrogen-bond acceptors (Lipinski definition) is 6. The van der Waals surface area contributed by atoms with Crippen LogP contribution in [0.4, 0.5) is 28.8 Å². The highest BCUT2D eigenvalue weighted by Crippen LogP contribution is 2.25. The van der Waals surface area contributed by atoms with Crippen LogP contribution in [0.1, 0.15) is 25.3 Å². The minimum Gasteiger partial charge on any atom is -0.372 e. The van der Waals surface area contributed by atoms with Gasteiger partial charge in [0.2, 0.25) is 5.95 Å². The molecule has 6 nitrogen and oxygen atoms in total. The van der Waals surface area contributed by atoms with Crippen LogP contribution in [-0.2, 0) is 0 Å². The lowest BCUT2D eigenvalue weighted by Crippen LogP contribution is -2.32. The second kappa shape index (κ2) is 8.25. The van der Waals surface area contributed by atoms with Crippen LogP contribution >= 0.6 is 0 Å². The number of rotatable bonds is 5. The third-order valence-electron chi connectivity index (χ3n) is 5.12. The Labute approximate surface area is 166 Å². The summed E-state index contributed by atoms with van der Waals surface area (Å²) >= 11 is 0. The Morgan fingerprint density at radius 1 is 0.964 bits per heavy atom. The molecule has 0 spiro atoms. The lowest BCUT2D eigenvalue weighted by atomic mass is 9.99. The van der Waals surface area contributed by atoms with Gasteiger partial charge >= 0.3 is 0 Å². The second-order valence-corrected chi connectivity index (χ2v) is 7.50. The molecular formula is C22H26N6. The van der Waals surface area contributed by atoms with E-state index >= 15 is 0 Å². The Morgan fingerprint density at radius 3 is 2.50 bits per heavy atom. The maximum absolute atomic E-state index is 4.51. The van der Waals surface area contributed by atoms with Gasteiger partial charge in [0.15, 0.2) is 5.82 Å². The summed E-state index contributed by atoms with van der Waals surface area (Å²) in [5, 5.41) is 14.6. The zero-order valence-corrected chi connectivity index (χ0v) is 16.4. The molecule has 0 atom stereocenters. The van der Waals surface area contributed by atoms with Crippen molar-refractivity contribution in [2.45, 2.75) is 26.7 Å². The van der Waals surface area contributed by atoms with Gasteiger partial charge in [-0.15, -0.1) is 5.10 Å². The molecule has 1 saturated heterocycles. The Bertz CT molecular complexity index is 916. The van der Waals surface area contributed by atoms with Crippen molar-refractivity contribution >= 4 is 28.8 Å². The van der Waals surface area contributed by atoms with Gasteiger partial charge in [-0.3, -0.25) is 0 Å². The summed E-state index contributed by atoms with van der Waals surface area (Å²) in [6, 6.07) is 16.6. The first-order valence-corrected chi connectivity index (χ1v) is 9.81. The summed E-state index contributed by atoms with van der Waals surface area (Å²) in [6.45, 7) is 6.66. The summed E-state index contributed by atoms with van der Waals surface area (Å²) in [6.07, 6.45) is 4.16. The fraction of sp³-hybridized carbons (Fsp3) is 0.318. The van der Waals surface area contributed by atoms with Crippen LogP contribution in [0.25, 0.3) is 0 Å². The molecule has 0 radical (unpaired) electrons. The molecule has 3 aromatic rings. The molecule has 6 heteroatoms. The number of anilines is 5. The van der Waals surface area contributed by atoms with Crippen molar-refractivity contribution in [3.63, 3.8) is 0 Å². The van der Waals surface area contributed by atoms with Crippen LogP contribution in [0, 0.1) is 12.8 Å². The van der Waals surface area contributed by atoms with Gasteiger partial charge in [0, 0.05) is 30.2 Å². The van der Waals surface area contributed by atoms with Crippen LogP contribution < -0.4 is 15.5 Å². The highest BCUT2D eigenvalue weighted by atomic mass is 15.3. The molecule has 0 unspecified atom stereocenters. The first-order chi connectivity index (χ1) is 13.7. The molecule has 2 aromatic carbocycles. The van der Waals surface area contributed by atoms with E-state index in [-0.39, 0.29) is 0 Å². The minimum absolute atomic E-state index is 0.467. The Morgan fingerprint density at radius 2 is 1.75 bits per heavy atom. The molecule has 1 fully saturated rings. The number of benzene rings is 2. The topological polar surface area (TPSA) is 66.0 Å². The maximum Gasteiger partial charge on any atom is 0.249 e. The lowest BCUT2D eigenvalue weighted by molar-refractivity contribution is 0.438. The zero-order chi connectivity index (χ0) is 19.3. The van der Waals surface area contributed by atoms with E-state index in [0.29, 0.717) is 11.8 Å². The largest absolute Gasteiger partial charge is 0.372 e. The second-order valence-electron chi connectivity index (χ2n) is 7.50. The van der Waals surface area contributed by atoms with E-state index in [4.69, 9.17) is 0 Å². The molecule has 1 aromatic heterocycles. The highest BCUT2D eigenvalue weighted by Gasteiger charge is 2.15. The third kappa shape index (κ3) is 4.57. The van der Waals surface area contributed by atoms with Gasteiger partial charge in [0.05, 0.1) is 6.20 Å². The van der Waals surface area contributed by atoms with Crippen molar-refractivity contribution < 1.29 is 0 Å². The molecule has 1 aliphatic heterocycles. The Kier molecular flexibility index (Phi) is 5.37. The average Bonchev–Trinajstić information content (AvgIpc) is 2.70. The molecule has 1 aliphatic rings. The van der Waals surface area contributed by atoms with E-state index < -0.39 is 0 Å². The highest BCUT2D eigenvalue weighted by molar-refractivity contribution is 5.62. The molecule has 0 bridgehead atoms. The monoisotopic (exact) mass is 374 g/mol. The summed E-state index contributed by atoms with van der Waals surface area (Å²) in [7, 11) is 0. The van der Waals surface area contributed by atoms with Crippen molar-refractivity contribution in [3.05, 3.63) is 60.3 Å². The quantitative estimate of drug-likeness (QED) is 0.662. The van der Waals surface area contributed by atoms with Crippen molar-refractivity contribution in [3.8, 4) is 0 Å². The Balaban J connectivity index is 1.41. The van der Waals surface area contributed by atoms with E-state index in [1.54, 1.807) is 6.20 Å². The SMILES string of the molecule is Cc1cccc(Nc2nncc(Nc3ccc(N4CCC(C)CC4)cc3)n2)c1. The van der Waals surface area contributed by atoms with Gasteiger partial charge in [0.25, 0.3) is 0 Å². The van der Waals surface area contributed by atoms with Gasteiger partial charge in [0.1, 0.15) is 0 Å². The Hall–Kier alpha value is -3.15. The summed E-state index contributed by atoms with van der Waals surface area (Å²) < 4.78 is 0. The zero-order valence-electron chi connectivity index (χ0n) is 16.4. The predicted molar refractivity (Wildman–Crippen MR) is 115 cm³/mol. The van der Waals surface area contributed by atoms with Crippen LogP contribution in [0.3, 0.4) is 0 Å². The number of hydrogen-bond donors (Lipinski definition) is 2. The van der Waals surface area contributed by atoms with Crippen molar-refractivity contribution in [1.82, 2.24) is 15.2 Å². The van der Waals surface area contributed by atoms with Gasteiger partial charge in [-0.2, -0.15) is 10.1 Å². The smallest absolute Gasteiger partial charge is 0.249 e. The number of piperidine rings is 1. The molecule has 144 valence electrons. The predicted octanol–water partition coefficient (Wildman–Crippen LogP) is 4.90. The van der Waals surface area contributed by atoms with E-state index in [9.17, 15) is 0 Å². The fourth-order valence-electron chi connectivity index (χ4n) is 3.44. The number of aryl methyl sites for hydroxylation is 1. The lowest BCUT2D eigenvalue weighted by Gasteiger charge is -2.32. The van der Waals surface area contributed by atoms with Crippen LogP contribution in [0.15, 0.2) is 54.7 Å². The van der Waals surface area contributed by atoms with E-state index in [2.05, 4.69) is 74.9 Å². The van der Waals surface area contributed by atoms with Gasteiger partial charge in [-0.25, -0.2) is 0 Å². The normalized spacial score (nSPS) is 14.7. The van der Waals surface area contributed by atoms with Gasteiger partial charge in [-0.1, -0.05) is 19.1 Å². The summed E-state index contributed by atoms with van der Waals surface area (Å²) in [4.78, 5) is 6.97. The molecule has 2 N–H and O–H groups in total. The first kappa shape index (κ1) is 18.2. The van der Waals surface area contributed by atoms with Crippen molar-refractivity contribution in [2.24, 2.45) is 5.92 Å². The molecule has 0 amide bonds. The standard InChI is InChI=1S/C22H26N6/c1-16-10-12-28(13-11-16)20-8-6-18(7-9-20)24-21-15-23-27-22(26-21)25-19-5-3-4-17(2)14-19/h3-9,14-16H,10-13H2,1-2H3,(H2,24,25,26,27). The molecule has 28 heavy (non-hydrogen) atoms. The van der Waals surface area contributed by atoms with Gasteiger partial charge < -0.3 is 15.5 Å². The maximum atomic E-state index is 4.51. The average molecular weight is 374 g/mol. The van der Waals surface area contributed by atoms with Crippen LogP contribution in [-0.4, -0.2) is 28.3 Å². The molecule has 0 aliphatic carbocycles. The molecular weight excluding hydrogens is 348 g/mol. The number of nitrogens with one attached hydrogen (secondary N) is 2. The van der Waals surface area contributed by atoms with E-state index in [1.807, 2.05) is 18.2 Å². The molecule has 4 rings (SSSR count). The van der Waals surface area contributed by atoms with E-state index in [1.165, 1.54) is 24.1 Å². The van der Waals surface area contributed by atoms with Gasteiger partial charge in [-0.05, 0) is 67.6 Å². The van der Waals surface area contributed by atoms with Crippen LogP contribution in [0.5, 0.6) is 0 Å². The number of aromatic nitrogens is 3. The van der Waals surface area contributed by atoms with Crippen LogP contribution in [0.2, 0.25) is 0 Å². The first-order valence-electron chi connectivity index (χ1n) is 9.81. The fourth-order valence-corrected chi connectivity index (χ4v) is 3.44. The third-order valence-corrected chi connectivity index (χ3v) is 5.12. The number of nitrogens with zero attached hydrogens (tertiary/aromatic N) is 4. The van der Waals surface area contributed by atoms with Crippen molar-refractivity contribution in [2.75, 3.05) is 28.6 Å². The molecule has 0 saturated carbocycles. The molecule has 2 heterocycles.